The van der Waals surface area contributed by atoms with E-state index in [1.165, 1.54) is 0 Å². The lowest BCUT2D eigenvalue weighted by atomic mass is 9.96. The molecule has 1 atom stereocenters. The third-order valence-corrected chi connectivity index (χ3v) is 7.29. The summed E-state index contributed by atoms with van der Waals surface area (Å²) >= 11 is 0. The van der Waals surface area contributed by atoms with Crippen LogP contribution >= 0.6 is 0 Å². The molecule has 2 aromatic carbocycles. The van der Waals surface area contributed by atoms with Crippen molar-refractivity contribution >= 4 is 22.8 Å². The molecule has 0 spiro atoms. The van der Waals surface area contributed by atoms with Gasteiger partial charge in [0, 0.05) is 44.0 Å². The second kappa shape index (κ2) is 9.69. The number of amides is 2. The number of nitrogens with one attached hydrogen (secondary N) is 2. The van der Waals surface area contributed by atoms with E-state index in [9.17, 15) is 14.4 Å². The fraction of sp³-hybridized carbons (Fsp3) is 0.310. The topological polar surface area (TPSA) is 100 Å². The standard InChI is InChI=1S/C29H29N5O3/c35-26-22(28(36)30-15-19-7-2-1-3-8-19)17-34(21-12-13-21)18-23(26)29(37)33-14-6-9-20(16-33)27-31-24-10-4-5-11-25(24)32-27/h1-5,7-8,10-11,17-18,20-21H,6,9,12-16H2,(H,30,36)(H,31,32)/t20-/m0/s1. The predicted octanol–water partition coefficient (Wildman–Crippen LogP) is 4.01. The Morgan fingerprint density at radius 1 is 0.973 bits per heavy atom. The summed E-state index contributed by atoms with van der Waals surface area (Å²) in [5.41, 5.74) is 2.38. The number of carbonyl (C=O) groups excluding carboxylic acids is 2. The molecule has 1 saturated heterocycles. The van der Waals surface area contributed by atoms with E-state index in [4.69, 9.17) is 4.98 Å². The molecule has 0 radical (unpaired) electrons. The number of imidazole rings is 1. The molecule has 0 unspecified atom stereocenters. The van der Waals surface area contributed by atoms with Gasteiger partial charge in [0.15, 0.2) is 0 Å². The second-order valence-electron chi connectivity index (χ2n) is 9.99. The minimum Gasteiger partial charge on any atom is -0.349 e. The highest BCUT2D eigenvalue weighted by atomic mass is 16.2. The monoisotopic (exact) mass is 495 g/mol. The average molecular weight is 496 g/mol. The van der Waals surface area contributed by atoms with Crippen molar-refractivity contribution in [2.75, 3.05) is 13.1 Å². The molecule has 2 N–H and O–H groups in total. The Hall–Kier alpha value is -4.20. The number of fused-ring (bicyclic) bond motifs is 1. The molecule has 3 heterocycles. The number of benzene rings is 2. The number of hydrogen-bond donors (Lipinski definition) is 2. The van der Waals surface area contributed by atoms with E-state index in [0.29, 0.717) is 19.6 Å². The van der Waals surface area contributed by atoms with Crippen LogP contribution in [-0.4, -0.2) is 44.3 Å². The molecule has 1 aliphatic heterocycles. The first kappa shape index (κ1) is 23.2. The van der Waals surface area contributed by atoms with Crippen LogP contribution in [0.5, 0.6) is 0 Å². The zero-order valence-corrected chi connectivity index (χ0v) is 20.5. The van der Waals surface area contributed by atoms with Gasteiger partial charge < -0.3 is 19.8 Å². The summed E-state index contributed by atoms with van der Waals surface area (Å²) in [5, 5.41) is 2.84. The van der Waals surface area contributed by atoms with Gasteiger partial charge in [-0.3, -0.25) is 14.4 Å². The van der Waals surface area contributed by atoms with Crippen LogP contribution in [0.1, 0.15) is 69.7 Å². The fourth-order valence-corrected chi connectivity index (χ4v) is 5.09. The summed E-state index contributed by atoms with van der Waals surface area (Å²) in [5.74, 6) is 0.144. The summed E-state index contributed by atoms with van der Waals surface area (Å²) in [6.45, 7) is 1.36. The van der Waals surface area contributed by atoms with Crippen LogP contribution in [0.3, 0.4) is 0 Å². The Morgan fingerprint density at radius 2 is 1.73 bits per heavy atom. The maximum absolute atomic E-state index is 13.7. The second-order valence-corrected chi connectivity index (χ2v) is 9.99. The van der Waals surface area contributed by atoms with E-state index in [-0.39, 0.29) is 29.0 Å². The van der Waals surface area contributed by atoms with E-state index in [1.54, 1.807) is 17.3 Å². The predicted molar refractivity (Wildman–Crippen MR) is 141 cm³/mol. The van der Waals surface area contributed by atoms with Crippen molar-refractivity contribution in [1.29, 1.82) is 0 Å². The zero-order chi connectivity index (χ0) is 25.4. The van der Waals surface area contributed by atoms with E-state index in [1.807, 2.05) is 59.2 Å². The van der Waals surface area contributed by atoms with Gasteiger partial charge in [-0.1, -0.05) is 42.5 Å². The van der Waals surface area contributed by atoms with Crippen LogP contribution in [0.25, 0.3) is 11.0 Å². The van der Waals surface area contributed by atoms with Crippen LogP contribution in [0, 0.1) is 0 Å². The molecule has 0 bridgehead atoms. The highest BCUT2D eigenvalue weighted by Gasteiger charge is 2.31. The fourth-order valence-electron chi connectivity index (χ4n) is 5.09. The molecule has 1 aliphatic carbocycles. The SMILES string of the molecule is O=C(NCc1ccccc1)c1cn(C2CC2)cc(C(=O)N2CCC[C@H](c3nc4ccccc4[nH]3)C2)c1=O. The van der Waals surface area contributed by atoms with Crippen molar-refractivity contribution in [1.82, 2.24) is 24.8 Å². The van der Waals surface area contributed by atoms with E-state index >= 15 is 0 Å². The third-order valence-electron chi connectivity index (χ3n) is 7.29. The molecule has 1 saturated carbocycles. The molecule has 6 rings (SSSR count). The number of nitrogens with zero attached hydrogens (tertiary/aromatic N) is 3. The number of pyridine rings is 1. The molecule has 8 nitrogen and oxygen atoms in total. The highest BCUT2D eigenvalue weighted by molar-refractivity contribution is 5.99. The van der Waals surface area contributed by atoms with E-state index in [2.05, 4.69) is 10.3 Å². The van der Waals surface area contributed by atoms with Gasteiger partial charge in [-0.05, 0) is 43.4 Å². The van der Waals surface area contributed by atoms with Crippen LogP contribution in [-0.2, 0) is 6.54 Å². The van der Waals surface area contributed by atoms with Gasteiger partial charge in [-0.2, -0.15) is 0 Å². The van der Waals surface area contributed by atoms with Crippen molar-refractivity contribution in [2.45, 2.75) is 44.2 Å². The number of likely N-dealkylation sites (tertiary alicyclic amines) is 1. The number of para-hydroxylation sites is 2. The Bertz CT molecular complexity index is 1490. The molecule has 8 heteroatoms. The lowest BCUT2D eigenvalue weighted by Gasteiger charge is -2.32. The van der Waals surface area contributed by atoms with Crippen LogP contribution < -0.4 is 10.7 Å². The van der Waals surface area contributed by atoms with Gasteiger partial charge in [-0.25, -0.2) is 4.98 Å². The normalized spacial score (nSPS) is 17.6. The number of piperidine rings is 1. The number of H-pyrrole nitrogens is 1. The van der Waals surface area contributed by atoms with Crippen molar-refractivity contribution in [3.8, 4) is 0 Å². The average Bonchev–Trinajstić information content (AvgIpc) is 3.70. The molecule has 188 valence electrons. The summed E-state index contributed by atoms with van der Waals surface area (Å²) in [6.07, 6.45) is 6.92. The summed E-state index contributed by atoms with van der Waals surface area (Å²) in [4.78, 5) is 50.0. The van der Waals surface area contributed by atoms with E-state index in [0.717, 1.165) is 48.1 Å². The maximum Gasteiger partial charge on any atom is 0.259 e. The number of rotatable bonds is 6. The molecular formula is C29H29N5O3. The number of aromatic amines is 1. The Labute approximate surface area is 214 Å². The maximum atomic E-state index is 13.7. The number of aromatic nitrogens is 3. The molecule has 2 amide bonds. The first-order valence-electron chi connectivity index (χ1n) is 12.9. The highest BCUT2D eigenvalue weighted by Crippen LogP contribution is 2.35. The van der Waals surface area contributed by atoms with Crippen LogP contribution in [0.2, 0.25) is 0 Å². The Kier molecular flexibility index (Phi) is 6.08. The number of carbonyl (C=O) groups is 2. The molecule has 2 fully saturated rings. The smallest absolute Gasteiger partial charge is 0.259 e. The van der Waals surface area contributed by atoms with Gasteiger partial charge in [0.25, 0.3) is 11.8 Å². The molecule has 37 heavy (non-hydrogen) atoms. The largest absolute Gasteiger partial charge is 0.349 e. The van der Waals surface area contributed by atoms with Gasteiger partial charge in [0.05, 0.1) is 11.0 Å². The summed E-state index contributed by atoms with van der Waals surface area (Å²) in [6, 6.07) is 17.6. The Balaban J connectivity index is 1.25. The number of hydrogen-bond acceptors (Lipinski definition) is 4. The molecule has 4 aromatic rings. The minimum atomic E-state index is -0.515. The first-order valence-corrected chi connectivity index (χ1v) is 12.9. The van der Waals surface area contributed by atoms with Crippen molar-refractivity contribution in [3.63, 3.8) is 0 Å². The van der Waals surface area contributed by atoms with Crippen LogP contribution in [0.4, 0.5) is 0 Å². The quantitative estimate of drug-likeness (QED) is 0.422. The van der Waals surface area contributed by atoms with Crippen molar-refractivity contribution < 1.29 is 9.59 Å². The lowest BCUT2D eigenvalue weighted by molar-refractivity contribution is 0.0702. The van der Waals surface area contributed by atoms with Gasteiger partial charge in [-0.15, -0.1) is 0 Å². The minimum absolute atomic E-state index is 0.0134. The van der Waals surface area contributed by atoms with E-state index < -0.39 is 11.3 Å². The summed E-state index contributed by atoms with van der Waals surface area (Å²) in [7, 11) is 0. The molecule has 2 aromatic heterocycles. The Morgan fingerprint density at radius 3 is 2.51 bits per heavy atom. The third kappa shape index (κ3) is 4.79. The van der Waals surface area contributed by atoms with Crippen LogP contribution in [0.15, 0.2) is 71.8 Å². The zero-order valence-electron chi connectivity index (χ0n) is 20.5. The summed E-state index contributed by atoms with van der Waals surface area (Å²) < 4.78 is 1.87. The molecular weight excluding hydrogens is 466 g/mol. The van der Waals surface area contributed by atoms with Crippen molar-refractivity contribution in [3.05, 3.63) is 99.7 Å². The molecule has 2 aliphatic rings. The lowest BCUT2D eigenvalue weighted by Crippen LogP contribution is -2.42. The van der Waals surface area contributed by atoms with Gasteiger partial charge >= 0.3 is 0 Å². The van der Waals surface area contributed by atoms with Crippen molar-refractivity contribution in [2.24, 2.45) is 0 Å². The first-order chi connectivity index (χ1) is 18.1. The van der Waals surface area contributed by atoms with Gasteiger partial charge in [0.2, 0.25) is 5.43 Å². The van der Waals surface area contributed by atoms with Gasteiger partial charge in [0.1, 0.15) is 17.0 Å².